The number of hydrogen-bond donors (Lipinski definition) is 1. The first-order valence-electron chi connectivity index (χ1n) is 5.65. The van der Waals surface area contributed by atoms with Gasteiger partial charge in [-0.3, -0.25) is 0 Å². The molecular formula is C12H13F2NO2. The van der Waals surface area contributed by atoms with Crippen LogP contribution in [0.25, 0.3) is 0 Å². The molecule has 1 N–H and O–H groups in total. The molecule has 1 unspecified atom stereocenters. The summed E-state index contributed by atoms with van der Waals surface area (Å²) in [6.45, 7) is 0.530. The SMILES string of the molecule is FC1(F)CNCCC1c1ccc2c(c1)OCO2. The molecule has 3 rings (SSSR count). The summed E-state index contributed by atoms with van der Waals surface area (Å²) >= 11 is 0. The van der Waals surface area contributed by atoms with Gasteiger partial charge in [-0.25, -0.2) is 8.78 Å². The predicted octanol–water partition coefficient (Wildman–Crippen LogP) is 2.13. The van der Waals surface area contributed by atoms with Gasteiger partial charge < -0.3 is 14.8 Å². The zero-order valence-corrected chi connectivity index (χ0v) is 9.21. The van der Waals surface area contributed by atoms with E-state index in [4.69, 9.17) is 9.47 Å². The number of rotatable bonds is 1. The molecule has 17 heavy (non-hydrogen) atoms. The molecule has 0 bridgehead atoms. The molecule has 2 aliphatic rings. The Morgan fingerprint density at radius 2 is 2.06 bits per heavy atom. The summed E-state index contributed by atoms with van der Waals surface area (Å²) < 4.78 is 37.9. The van der Waals surface area contributed by atoms with Crippen molar-refractivity contribution in [2.45, 2.75) is 18.3 Å². The van der Waals surface area contributed by atoms with E-state index < -0.39 is 11.8 Å². The minimum atomic E-state index is -2.70. The Kier molecular flexibility index (Phi) is 2.43. The molecule has 3 nitrogen and oxygen atoms in total. The van der Waals surface area contributed by atoms with Crippen LogP contribution >= 0.6 is 0 Å². The zero-order valence-electron chi connectivity index (χ0n) is 9.21. The fraction of sp³-hybridized carbons (Fsp3) is 0.500. The Labute approximate surface area is 97.7 Å². The second-order valence-corrected chi connectivity index (χ2v) is 4.39. The molecule has 1 aromatic rings. The summed E-state index contributed by atoms with van der Waals surface area (Å²) in [5.41, 5.74) is 0.626. The monoisotopic (exact) mass is 241 g/mol. The molecular weight excluding hydrogens is 228 g/mol. The molecule has 0 amide bonds. The number of piperidine rings is 1. The van der Waals surface area contributed by atoms with Crippen LogP contribution in [0.5, 0.6) is 11.5 Å². The lowest BCUT2D eigenvalue weighted by molar-refractivity contribution is -0.0420. The maximum atomic E-state index is 13.8. The molecule has 1 fully saturated rings. The first-order chi connectivity index (χ1) is 8.17. The van der Waals surface area contributed by atoms with Gasteiger partial charge >= 0.3 is 0 Å². The predicted molar refractivity (Wildman–Crippen MR) is 57.7 cm³/mol. The third-order valence-electron chi connectivity index (χ3n) is 3.28. The van der Waals surface area contributed by atoms with Crippen molar-refractivity contribution in [2.75, 3.05) is 19.9 Å². The van der Waals surface area contributed by atoms with Crippen molar-refractivity contribution >= 4 is 0 Å². The van der Waals surface area contributed by atoms with Crippen LogP contribution in [-0.2, 0) is 0 Å². The van der Waals surface area contributed by atoms with Gasteiger partial charge in [-0.05, 0) is 30.7 Å². The van der Waals surface area contributed by atoms with Crippen LogP contribution in [0.1, 0.15) is 17.9 Å². The highest BCUT2D eigenvalue weighted by Gasteiger charge is 2.42. The van der Waals surface area contributed by atoms with Crippen LogP contribution in [0.15, 0.2) is 18.2 Å². The van der Waals surface area contributed by atoms with Crippen molar-refractivity contribution in [3.05, 3.63) is 23.8 Å². The van der Waals surface area contributed by atoms with Crippen LogP contribution in [0.3, 0.4) is 0 Å². The third kappa shape index (κ3) is 1.84. The van der Waals surface area contributed by atoms with Crippen LogP contribution < -0.4 is 14.8 Å². The number of alkyl halides is 2. The first kappa shape index (κ1) is 10.8. The molecule has 5 heteroatoms. The van der Waals surface area contributed by atoms with Crippen LogP contribution in [0, 0.1) is 0 Å². The van der Waals surface area contributed by atoms with Crippen molar-refractivity contribution in [2.24, 2.45) is 0 Å². The molecule has 1 atom stereocenters. The van der Waals surface area contributed by atoms with Gasteiger partial charge in [0.25, 0.3) is 5.92 Å². The molecule has 0 aromatic heterocycles. The van der Waals surface area contributed by atoms with E-state index in [9.17, 15) is 8.78 Å². The molecule has 0 spiro atoms. The van der Waals surface area contributed by atoms with Gasteiger partial charge in [-0.15, -0.1) is 0 Å². The third-order valence-corrected chi connectivity index (χ3v) is 3.28. The van der Waals surface area contributed by atoms with E-state index in [-0.39, 0.29) is 13.3 Å². The van der Waals surface area contributed by atoms with Gasteiger partial charge in [-0.1, -0.05) is 6.07 Å². The maximum absolute atomic E-state index is 13.8. The fourth-order valence-corrected chi connectivity index (χ4v) is 2.38. The second-order valence-electron chi connectivity index (χ2n) is 4.39. The quantitative estimate of drug-likeness (QED) is 0.817. The minimum Gasteiger partial charge on any atom is -0.454 e. The van der Waals surface area contributed by atoms with Gasteiger partial charge in [0.1, 0.15) is 0 Å². The van der Waals surface area contributed by atoms with E-state index in [1.807, 2.05) is 0 Å². The lowest BCUT2D eigenvalue weighted by Gasteiger charge is -2.32. The van der Waals surface area contributed by atoms with Gasteiger partial charge in [0, 0.05) is 0 Å². The van der Waals surface area contributed by atoms with E-state index in [2.05, 4.69) is 5.32 Å². The topological polar surface area (TPSA) is 30.5 Å². The molecule has 92 valence electrons. The van der Waals surface area contributed by atoms with E-state index in [1.54, 1.807) is 18.2 Å². The molecule has 0 aliphatic carbocycles. The van der Waals surface area contributed by atoms with E-state index in [0.717, 1.165) is 0 Å². The van der Waals surface area contributed by atoms with Gasteiger partial charge in [-0.2, -0.15) is 0 Å². The average molecular weight is 241 g/mol. The number of hydrogen-bond acceptors (Lipinski definition) is 3. The van der Waals surface area contributed by atoms with Crippen LogP contribution in [0.4, 0.5) is 8.78 Å². The minimum absolute atomic E-state index is 0.168. The van der Waals surface area contributed by atoms with Gasteiger partial charge in [0.05, 0.1) is 12.5 Å². The summed E-state index contributed by atoms with van der Waals surface area (Å²) in [6.07, 6.45) is 0.437. The standard InChI is InChI=1S/C12H13F2NO2/c13-12(14)6-15-4-3-9(12)8-1-2-10-11(5-8)17-7-16-10/h1-2,5,9,15H,3-4,6-7H2. The van der Waals surface area contributed by atoms with Crippen molar-refractivity contribution in [1.82, 2.24) is 5.32 Å². The van der Waals surface area contributed by atoms with Crippen molar-refractivity contribution in [3.63, 3.8) is 0 Å². The van der Waals surface area contributed by atoms with Gasteiger partial charge in [0.2, 0.25) is 6.79 Å². The Bertz CT molecular complexity index is 437. The first-order valence-corrected chi connectivity index (χ1v) is 5.65. The second kappa shape index (κ2) is 3.84. The highest BCUT2D eigenvalue weighted by molar-refractivity contribution is 5.46. The summed E-state index contributed by atoms with van der Waals surface area (Å²) in [5, 5.41) is 2.72. The largest absolute Gasteiger partial charge is 0.454 e. The summed E-state index contributed by atoms with van der Waals surface area (Å²) in [4.78, 5) is 0. The lowest BCUT2D eigenvalue weighted by atomic mass is 9.87. The number of ether oxygens (including phenoxy) is 2. The number of halogens is 2. The highest BCUT2D eigenvalue weighted by atomic mass is 19.3. The number of fused-ring (bicyclic) bond motifs is 1. The Morgan fingerprint density at radius 1 is 1.24 bits per heavy atom. The summed E-state index contributed by atoms with van der Waals surface area (Å²) in [7, 11) is 0. The van der Waals surface area contributed by atoms with E-state index in [0.29, 0.717) is 30.0 Å². The molecule has 2 aliphatic heterocycles. The van der Waals surface area contributed by atoms with Crippen LogP contribution in [-0.4, -0.2) is 25.8 Å². The highest BCUT2D eigenvalue weighted by Crippen LogP contribution is 2.41. The zero-order chi connectivity index (χ0) is 11.9. The fourth-order valence-electron chi connectivity index (χ4n) is 2.38. The number of benzene rings is 1. The Balaban J connectivity index is 1.93. The lowest BCUT2D eigenvalue weighted by Crippen LogP contribution is -2.44. The van der Waals surface area contributed by atoms with E-state index in [1.165, 1.54) is 0 Å². The van der Waals surface area contributed by atoms with Crippen LogP contribution in [0.2, 0.25) is 0 Å². The maximum Gasteiger partial charge on any atom is 0.267 e. The molecule has 2 heterocycles. The summed E-state index contributed by atoms with van der Waals surface area (Å²) in [6, 6.07) is 5.08. The normalized spacial score (nSPS) is 25.9. The van der Waals surface area contributed by atoms with Gasteiger partial charge in [0.15, 0.2) is 11.5 Å². The van der Waals surface area contributed by atoms with Crippen molar-refractivity contribution in [1.29, 1.82) is 0 Å². The number of nitrogens with one attached hydrogen (secondary N) is 1. The Morgan fingerprint density at radius 3 is 2.88 bits per heavy atom. The Hall–Kier alpha value is -1.36. The molecule has 0 saturated carbocycles. The molecule has 1 saturated heterocycles. The van der Waals surface area contributed by atoms with E-state index >= 15 is 0 Å². The van der Waals surface area contributed by atoms with Crippen molar-refractivity contribution in [3.8, 4) is 11.5 Å². The average Bonchev–Trinajstić information content (AvgIpc) is 2.75. The summed E-state index contributed by atoms with van der Waals surface area (Å²) in [5.74, 6) is -2.24. The van der Waals surface area contributed by atoms with Crippen molar-refractivity contribution < 1.29 is 18.3 Å². The molecule has 1 aromatic carbocycles. The smallest absolute Gasteiger partial charge is 0.267 e. The molecule has 0 radical (unpaired) electrons.